The van der Waals surface area contributed by atoms with Crippen LogP contribution in [0.4, 0.5) is 0 Å². The van der Waals surface area contributed by atoms with Crippen LogP contribution in [0.1, 0.15) is 17.2 Å². The van der Waals surface area contributed by atoms with Crippen molar-refractivity contribution in [3.8, 4) is 11.4 Å². The monoisotopic (exact) mass is 293 g/mol. The average Bonchev–Trinajstić information content (AvgIpc) is 3.17. The fraction of sp³-hybridized carbons (Fsp3) is 0.294. The van der Waals surface area contributed by atoms with Crippen molar-refractivity contribution in [1.29, 1.82) is 0 Å². The molecule has 0 radical (unpaired) electrons. The summed E-state index contributed by atoms with van der Waals surface area (Å²) in [5, 5.41) is 0. The van der Waals surface area contributed by atoms with E-state index in [2.05, 4.69) is 50.7 Å². The Morgan fingerprint density at radius 3 is 2.86 bits per heavy atom. The van der Waals surface area contributed by atoms with Crippen LogP contribution in [0.2, 0.25) is 0 Å². The van der Waals surface area contributed by atoms with E-state index in [1.807, 2.05) is 18.5 Å². The molecule has 0 atom stereocenters. The van der Waals surface area contributed by atoms with Gasteiger partial charge in [-0.15, -0.1) is 0 Å². The van der Waals surface area contributed by atoms with Gasteiger partial charge in [-0.25, -0.2) is 9.97 Å². The summed E-state index contributed by atoms with van der Waals surface area (Å²) in [6.45, 7) is 2.81. The van der Waals surface area contributed by atoms with E-state index in [1.54, 1.807) is 0 Å². The normalized spacial score (nSPS) is 15.0. The maximum atomic E-state index is 4.86. The van der Waals surface area contributed by atoms with E-state index in [-0.39, 0.29) is 0 Å². The van der Waals surface area contributed by atoms with Crippen LogP contribution in [-0.4, -0.2) is 31.0 Å². The first-order valence-corrected chi connectivity index (χ1v) is 7.62. The van der Waals surface area contributed by atoms with Crippen LogP contribution in [0, 0.1) is 0 Å². The number of rotatable bonds is 3. The van der Waals surface area contributed by atoms with Gasteiger partial charge in [-0.05, 0) is 0 Å². The van der Waals surface area contributed by atoms with Crippen molar-refractivity contribution in [3.63, 3.8) is 0 Å². The average molecular weight is 293 g/mol. The molecule has 1 aliphatic rings. The standard InChI is InChI=1S/C17H19N5/c1-21-15-11-22(12-16-18-8-9-19-16)10-7-14(15)20-17(21)13-5-3-2-4-6-13/h2-6,8-9H,7,10-12H2,1H3,(H,18,19). The molecule has 0 saturated carbocycles. The molecular formula is C17H19N5. The van der Waals surface area contributed by atoms with Gasteiger partial charge in [0.25, 0.3) is 0 Å². The largest absolute Gasteiger partial charge is 0.348 e. The number of H-pyrrole nitrogens is 1. The molecule has 112 valence electrons. The van der Waals surface area contributed by atoms with Gasteiger partial charge in [0.2, 0.25) is 0 Å². The van der Waals surface area contributed by atoms with Crippen LogP contribution in [0.3, 0.4) is 0 Å². The topological polar surface area (TPSA) is 49.7 Å². The van der Waals surface area contributed by atoms with Gasteiger partial charge in [-0.2, -0.15) is 0 Å². The minimum absolute atomic E-state index is 0.859. The molecule has 0 aliphatic carbocycles. The number of hydrogen-bond donors (Lipinski definition) is 1. The molecule has 22 heavy (non-hydrogen) atoms. The van der Waals surface area contributed by atoms with Gasteiger partial charge in [0, 0.05) is 44.5 Å². The van der Waals surface area contributed by atoms with E-state index in [0.29, 0.717) is 0 Å². The van der Waals surface area contributed by atoms with Gasteiger partial charge in [0.15, 0.2) is 0 Å². The van der Waals surface area contributed by atoms with Crippen molar-refractivity contribution in [2.45, 2.75) is 19.5 Å². The summed E-state index contributed by atoms with van der Waals surface area (Å²) in [7, 11) is 2.12. The predicted octanol–water partition coefficient (Wildman–Crippen LogP) is 2.37. The molecule has 5 heteroatoms. The Morgan fingerprint density at radius 1 is 1.23 bits per heavy atom. The summed E-state index contributed by atoms with van der Waals surface area (Å²) in [6, 6.07) is 10.4. The number of benzene rings is 1. The number of hydrogen-bond acceptors (Lipinski definition) is 3. The molecule has 0 saturated heterocycles. The molecule has 1 aromatic carbocycles. The molecule has 4 rings (SSSR count). The minimum Gasteiger partial charge on any atom is -0.348 e. The lowest BCUT2D eigenvalue weighted by Crippen LogP contribution is -2.31. The molecule has 1 N–H and O–H groups in total. The molecule has 0 bridgehead atoms. The van der Waals surface area contributed by atoms with Crippen molar-refractivity contribution in [3.05, 3.63) is 59.9 Å². The van der Waals surface area contributed by atoms with Crippen molar-refractivity contribution >= 4 is 0 Å². The zero-order valence-electron chi connectivity index (χ0n) is 12.7. The Morgan fingerprint density at radius 2 is 2.09 bits per heavy atom. The lowest BCUT2D eigenvalue weighted by atomic mass is 10.1. The van der Waals surface area contributed by atoms with Gasteiger partial charge >= 0.3 is 0 Å². The number of imidazole rings is 2. The first-order chi connectivity index (χ1) is 10.8. The first kappa shape index (κ1) is 13.3. The van der Waals surface area contributed by atoms with Crippen molar-refractivity contribution < 1.29 is 0 Å². The van der Waals surface area contributed by atoms with Gasteiger partial charge in [-0.1, -0.05) is 30.3 Å². The van der Waals surface area contributed by atoms with Gasteiger partial charge < -0.3 is 9.55 Å². The Balaban J connectivity index is 1.61. The molecule has 5 nitrogen and oxygen atoms in total. The van der Waals surface area contributed by atoms with Gasteiger partial charge in [-0.3, -0.25) is 4.90 Å². The number of nitrogens with one attached hydrogen (secondary N) is 1. The van der Waals surface area contributed by atoms with Crippen LogP contribution < -0.4 is 0 Å². The Labute approximate surface area is 129 Å². The maximum Gasteiger partial charge on any atom is 0.140 e. The SMILES string of the molecule is Cn1c(-c2ccccc2)nc2c1CN(Cc1ncc[nH]1)CC2. The second-order valence-corrected chi connectivity index (χ2v) is 5.75. The number of aromatic nitrogens is 4. The van der Waals surface area contributed by atoms with E-state index in [0.717, 1.165) is 37.7 Å². The molecular weight excluding hydrogens is 274 g/mol. The summed E-state index contributed by atoms with van der Waals surface area (Å²) >= 11 is 0. The zero-order chi connectivity index (χ0) is 14.9. The maximum absolute atomic E-state index is 4.86. The van der Waals surface area contributed by atoms with Crippen molar-refractivity contribution in [2.24, 2.45) is 7.05 Å². The molecule has 3 aromatic rings. The second kappa shape index (κ2) is 5.42. The van der Waals surface area contributed by atoms with Crippen LogP contribution in [-0.2, 0) is 26.6 Å². The third-order valence-electron chi connectivity index (χ3n) is 4.29. The highest BCUT2D eigenvalue weighted by molar-refractivity contribution is 5.56. The highest BCUT2D eigenvalue weighted by Gasteiger charge is 2.23. The highest BCUT2D eigenvalue weighted by Crippen LogP contribution is 2.25. The van der Waals surface area contributed by atoms with Gasteiger partial charge in [0.05, 0.1) is 17.9 Å². The van der Waals surface area contributed by atoms with Crippen LogP contribution >= 0.6 is 0 Å². The molecule has 0 amide bonds. The smallest absolute Gasteiger partial charge is 0.140 e. The van der Waals surface area contributed by atoms with Crippen LogP contribution in [0.25, 0.3) is 11.4 Å². The number of aromatic amines is 1. The van der Waals surface area contributed by atoms with Crippen LogP contribution in [0.15, 0.2) is 42.7 Å². The molecule has 0 spiro atoms. The lowest BCUT2D eigenvalue weighted by Gasteiger charge is -2.26. The third-order valence-corrected chi connectivity index (χ3v) is 4.29. The molecule has 2 aromatic heterocycles. The minimum atomic E-state index is 0.859. The van der Waals surface area contributed by atoms with E-state index in [9.17, 15) is 0 Å². The van der Waals surface area contributed by atoms with E-state index >= 15 is 0 Å². The van der Waals surface area contributed by atoms with E-state index in [1.165, 1.54) is 17.0 Å². The van der Waals surface area contributed by atoms with Crippen LogP contribution in [0.5, 0.6) is 0 Å². The predicted molar refractivity (Wildman–Crippen MR) is 85.0 cm³/mol. The quantitative estimate of drug-likeness (QED) is 0.806. The Hall–Kier alpha value is -2.40. The summed E-state index contributed by atoms with van der Waals surface area (Å²) in [4.78, 5) is 14.8. The summed E-state index contributed by atoms with van der Waals surface area (Å²) in [6.07, 6.45) is 4.68. The van der Waals surface area contributed by atoms with E-state index < -0.39 is 0 Å². The van der Waals surface area contributed by atoms with E-state index in [4.69, 9.17) is 4.98 Å². The van der Waals surface area contributed by atoms with Gasteiger partial charge in [0.1, 0.15) is 11.6 Å². The molecule has 3 heterocycles. The fourth-order valence-corrected chi connectivity index (χ4v) is 3.12. The molecule has 0 fully saturated rings. The Kier molecular flexibility index (Phi) is 3.27. The second-order valence-electron chi connectivity index (χ2n) is 5.75. The third kappa shape index (κ3) is 2.33. The number of nitrogens with zero attached hydrogens (tertiary/aromatic N) is 4. The summed E-state index contributed by atoms with van der Waals surface area (Å²) in [5.41, 5.74) is 3.73. The highest BCUT2D eigenvalue weighted by atomic mass is 15.2. The summed E-state index contributed by atoms with van der Waals surface area (Å²) in [5.74, 6) is 2.08. The van der Waals surface area contributed by atoms with Crippen molar-refractivity contribution in [1.82, 2.24) is 24.4 Å². The zero-order valence-corrected chi connectivity index (χ0v) is 12.7. The lowest BCUT2D eigenvalue weighted by molar-refractivity contribution is 0.233. The van der Waals surface area contributed by atoms with Crippen molar-refractivity contribution in [2.75, 3.05) is 6.54 Å². The first-order valence-electron chi connectivity index (χ1n) is 7.62. The summed E-state index contributed by atoms with van der Waals surface area (Å²) < 4.78 is 2.24. The molecule has 1 aliphatic heterocycles. The molecule has 0 unspecified atom stereocenters. The Bertz CT molecular complexity index is 758. The fourth-order valence-electron chi connectivity index (χ4n) is 3.12. The number of fused-ring (bicyclic) bond motifs is 1.